The summed E-state index contributed by atoms with van der Waals surface area (Å²) in [6.07, 6.45) is 10.2. The first-order valence-corrected chi connectivity index (χ1v) is 6.13. The van der Waals surface area contributed by atoms with Crippen molar-refractivity contribution in [2.45, 2.75) is 26.7 Å². The lowest BCUT2D eigenvalue weighted by Crippen LogP contribution is -2.45. The second-order valence-corrected chi connectivity index (χ2v) is 4.39. The first-order valence-electron chi connectivity index (χ1n) is 6.13. The summed E-state index contributed by atoms with van der Waals surface area (Å²) in [6, 6.07) is 0. The molecule has 17 heavy (non-hydrogen) atoms. The number of hydrogen-bond donors (Lipinski definition) is 1. The molecule has 1 aliphatic rings. The summed E-state index contributed by atoms with van der Waals surface area (Å²) in [4.78, 5) is 10.9. The van der Waals surface area contributed by atoms with Gasteiger partial charge in [-0.1, -0.05) is 36.5 Å². The van der Waals surface area contributed by atoms with Crippen LogP contribution in [0.4, 0.5) is 0 Å². The number of allylic oxidation sites excluding steroid dienone is 5. The van der Waals surface area contributed by atoms with Crippen LogP contribution in [0.2, 0.25) is 0 Å². The number of carbonyl (C=O) groups excluding carboxylic acids is 1. The molecule has 0 aromatic carbocycles. The number of carbonyl (C=O) groups is 1. The highest BCUT2D eigenvalue weighted by Crippen LogP contribution is 2.23. The minimum atomic E-state index is 0.00950. The van der Waals surface area contributed by atoms with Crippen molar-refractivity contribution in [1.82, 2.24) is 10.4 Å². The van der Waals surface area contributed by atoms with E-state index in [9.17, 15) is 4.79 Å². The molecule has 0 bridgehead atoms. The molecule has 0 unspecified atom stereocenters. The number of rotatable bonds is 4. The molecule has 1 aliphatic heterocycles. The van der Waals surface area contributed by atoms with Gasteiger partial charge in [0.2, 0.25) is 5.91 Å². The third-order valence-corrected chi connectivity index (χ3v) is 2.95. The number of hydrazine groups is 1. The van der Waals surface area contributed by atoms with Crippen LogP contribution in [0.1, 0.15) is 26.7 Å². The van der Waals surface area contributed by atoms with E-state index >= 15 is 0 Å². The minimum absolute atomic E-state index is 0.00950. The van der Waals surface area contributed by atoms with E-state index in [1.165, 1.54) is 5.57 Å². The van der Waals surface area contributed by atoms with Crippen LogP contribution in [0.15, 0.2) is 36.5 Å². The lowest BCUT2D eigenvalue weighted by Gasteiger charge is -2.32. The van der Waals surface area contributed by atoms with Crippen LogP contribution in [-0.2, 0) is 4.79 Å². The highest BCUT2D eigenvalue weighted by molar-refractivity contribution is 5.72. The van der Waals surface area contributed by atoms with Crippen molar-refractivity contribution in [1.29, 1.82) is 0 Å². The summed E-state index contributed by atoms with van der Waals surface area (Å²) in [5.41, 5.74) is 4.01. The van der Waals surface area contributed by atoms with Gasteiger partial charge >= 0.3 is 0 Å². The van der Waals surface area contributed by atoms with E-state index in [2.05, 4.69) is 18.1 Å². The average molecular weight is 234 g/mol. The van der Waals surface area contributed by atoms with Gasteiger partial charge in [0, 0.05) is 20.0 Å². The van der Waals surface area contributed by atoms with Crippen LogP contribution in [0.5, 0.6) is 0 Å². The zero-order chi connectivity index (χ0) is 12.7. The van der Waals surface area contributed by atoms with Crippen molar-refractivity contribution in [3.8, 4) is 0 Å². The molecule has 0 saturated carbocycles. The molecule has 3 nitrogen and oxygen atoms in total. The van der Waals surface area contributed by atoms with Gasteiger partial charge in [0.15, 0.2) is 0 Å². The third-order valence-electron chi connectivity index (χ3n) is 2.95. The molecule has 1 saturated heterocycles. The van der Waals surface area contributed by atoms with Crippen molar-refractivity contribution in [3.05, 3.63) is 36.5 Å². The molecule has 94 valence electrons. The molecule has 1 fully saturated rings. The first kappa shape index (κ1) is 13.7. The zero-order valence-electron chi connectivity index (χ0n) is 10.8. The molecule has 0 aliphatic carbocycles. The molecule has 0 atom stereocenters. The van der Waals surface area contributed by atoms with Crippen molar-refractivity contribution < 1.29 is 4.79 Å². The van der Waals surface area contributed by atoms with Gasteiger partial charge in [-0.3, -0.25) is 10.2 Å². The monoisotopic (exact) mass is 234 g/mol. The largest absolute Gasteiger partial charge is 0.289 e. The number of hydrogen-bond acceptors (Lipinski definition) is 2. The molecule has 1 N–H and O–H groups in total. The first-order chi connectivity index (χ1) is 8.13. The van der Waals surface area contributed by atoms with Crippen molar-refractivity contribution in [2.24, 2.45) is 5.92 Å². The summed E-state index contributed by atoms with van der Waals surface area (Å²) in [7, 11) is 0. The van der Waals surface area contributed by atoms with Gasteiger partial charge in [-0.2, -0.15) is 0 Å². The van der Waals surface area contributed by atoms with Crippen molar-refractivity contribution >= 4 is 5.91 Å². The Morgan fingerprint density at radius 2 is 2.00 bits per heavy atom. The van der Waals surface area contributed by atoms with Crippen LogP contribution < -0.4 is 5.43 Å². The lowest BCUT2D eigenvalue weighted by atomic mass is 9.90. The maximum absolute atomic E-state index is 10.9. The molecule has 1 amide bonds. The predicted octanol–water partition coefficient (Wildman–Crippen LogP) is 2.44. The topological polar surface area (TPSA) is 32.3 Å². The summed E-state index contributed by atoms with van der Waals surface area (Å²) >= 11 is 0. The summed E-state index contributed by atoms with van der Waals surface area (Å²) < 4.78 is 0. The van der Waals surface area contributed by atoms with Gasteiger partial charge in [0.1, 0.15) is 0 Å². The fourth-order valence-corrected chi connectivity index (χ4v) is 2.01. The van der Waals surface area contributed by atoms with Crippen molar-refractivity contribution in [2.75, 3.05) is 13.1 Å². The van der Waals surface area contributed by atoms with Gasteiger partial charge < -0.3 is 0 Å². The molecule has 0 spiro atoms. The third kappa shape index (κ3) is 5.00. The average Bonchev–Trinajstić information content (AvgIpc) is 2.29. The second kappa shape index (κ2) is 7.07. The van der Waals surface area contributed by atoms with Gasteiger partial charge in [-0.15, -0.1) is 0 Å². The highest BCUT2D eigenvalue weighted by atomic mass is 16.2. The van der Waals surface area contributed by atoms with Gasteiger partial charge in [-0.25, -0.2) is 5.01 Å². The Balaban J connectivity index is 2.36. The predicted molar refractivity (Wildman–Crippen MR) is 71.2 cm³/mol. The van der Waals surface area contributed by atoms with E-state index in [0.717, 1.165) is 25.9 Å². The van der Waals surface area contributed by atoms with Crippen LogP contribution in [0, 0.1) is 5.92 Å². The maximum Gasteiger partial charge on any atom is 0.231 e. The van der Waals surface area contributed by atoms with Crippen molar-refractivity contribution in [3.63, 3.8) is 0 Å². The van der Waals surface area contributed by atoms with Crippen LogP contribution in [-0.4, -0.2) is 24.0 Å². The van der Waals surface area contributed by atoms with E-state index in [1.54, 1.807) is 6.92 Å². The smallest absolute Gasteiger partial charge is 0.231 e. The molecule has 1 heterocycles. The standard InChI is InChI=1S/C14H22N2O/c1-4-5-6-7-12(2)14-8-10-16(11-9-14)15-13(3)17/h4-7,14H,2,8-11H2,1,3H3,(H,15,17)/b5-4-,7-6-. The highest BCUT2D eigenvalue weighted by Gasteiger charge is 2.20. The summed E-state index contributed by atoms with van der Waals surface area (Å²) in [5, 5.41) is 1.99. The van der Waals surface area contributed by atoms with E-state index in [4.69, 9.17) is 0 Å². The molecule has 0 radical (unpaired) electrons. The van der Waals surface area contributed by atoms with E-state index in [-0.39, 0.29) is 5.91 Å². The van der Waals surface area contributed by atoms with E-state index in [0.29, 0.717) is 5.92 Å². The molecule has 0 aromatic rings. The van der Waals surface area contributed by atoms with Crippen LogP contribution >= 0.6 is 0 Å². The summed E-state index contributed by atoms with van der Waals surface area (Å²) in [5.74, 6) is 0.553. The maximum atomic E-state index is 10.9. The number of nitrogens with one attached hydrogen (secondary N) is 1. The van der Waals surface area contributed by atoms with E-state index < -0.39 is 0 Å². The van der Waals surface area contributed by atoms with Gasteiger partial charge in [0.05, 0.1) is 0 Å². The van der Waals surface area contributed by atoms with Crippen LogP contribution in [0.25, 0.3) is 0 Å². The second-order valence-electron chi connectivity index (χ2n) is 4.39. The SMILES string of the molecule is C=C(/C=C\C=C/C)C1CCN(NC(C)=O)CC1. The number of amides is 1. The van der Waals surface area contributed by atoms with Gasteiger partial charge in [-0.05, 0) is 25.7 Å². The zero-order valence-corrected chi connectivity index (χ0v) is 10.8. The Kier molecular flexibility index (Phi) is 5.70. The molecular formula is C14H22N2O. The fraction of sp³-hybridized carbons (Fsp3) is 0.500. The minimum Gasteiger partial charge on any atom is -0.289 e. The Labute approximate surface area is 104 Å². The Morgan fingerprint density at radius 3 is 2.53 bits per heavy atom. The quantitative estimate of drug-likeness (QED) is 0.758. The molecule has 3 heteroatoms. The van der Waals surface area contributed by atoms with E-state index in [1.807, 2.05) is 30.2 Å². The lowest BCUT2D eigenvalue weighted by molar-refractivity contribution is -0.124. The van der Waals surface area contributed by atoms with Crippen LogP contribution in [0.3, 0.4) is 0 Å². The summed E-state index contributed by atoms with van der Waals surface area (Å²) in [6.45, 7) is 9.46. The Bertz CT molecular complexity index is 323. The molecule has 0 aromatic heterocycles. The molecular weight excluding hydrogens is 212 g/mol. The number of nitrogens with zero attached hydrogens (tertiary/aromatic N) is 1. The Morgan fingerprint density at radius 1 is 1.35 bits per heavy atom. The Hall–Kier alpha value is -1.35. The fourth-order valence-electron chi connectivity index (χ4n) is 2.01. The number of piperidine rings is 1. The molecule has 1 rings (SSSR count). The van der Waals surface area contributed by atoms with Gasteiger partial charge in [0.25, 0.3) is 0 Å². The normalized spacial score (nSPS) is 18.9.